The Morgan fingerprint density at radius 2 is 1.79 bits per heavy atom. The highest BCUT2D eigenvalue weighted by molar-refractivity contribution is 7.99. The molecular formula is C21H23N3O4S. The van der Waals surface area contributed by atoms with Gasteiger partial charge in [-0.15, -0.1) is 0 Å². The number of anilines is 1. The van der Waals surface area contributed by atoms with Gasteiger partial charge >= 0.3 is 0 Å². The number of para-hydroxylation sites is 1. The van der Waals surface area contributed by atoms with Crippen molar-refractivity contribution in [3.05, 3.63) is 60.4 Å². The molecule has 0 saturated heterocycles. The number of methoxy groups -OCH3 is 3. The van der Waals surface area contributed by atoms with E-state index >= 15 is 0 Å². The van der Waals surface area contributed by atoms with Gasteiger partial charge in [-0.25, -0.2) is 4.98 Å². The molecule has 1 heterocycles. The molecular weight excluding hydrogens is 390 g/mol. The van der Waals surface area contributed by atoms with Crippen LogP contribution in [0.15, 0.2) is 60.0 Å². The first-order chi connectivity index (χ1) is 14.1. The highest BCUT2D eigenvalue weighted by Gasteiger charge is 2.11. The van der Waals surface area contributed by atoms with Crippen LogP contribution in [0.3, 0.4) is 0 Å². The third-order valence-corrected chi connectivity index (χ3v) is 5.21. The van der Waals surface area contributed by atoms with E-state index in [1.807, 2.05) is 35.0 Å². The molecule has 2 aromatic carbocycles. The number of aromatic nitrogens is 2. The van der Waals surface area contributed by atoms with Gasteiger partial charge in [0.15, 0.2) is 16.7 Å². The fraction of sp³-hybridized carbons (Fsp3) is 0.238. The van der Waals surface area contributed by atoms with Gasteiger partial charge in [-0.2, -0.15) is 0 Å². The number of amides is 1. The molecule has 29 heavy (non-hydrogen) atoms. The monoisotopic (exact) mass is 413 g/mol. The lowest BCUT2D eigenvalue weighted by Crippen LogP contribution is -2.14. The Hall–Kier alpha value is -3.13. The Morgan fingerprint density at radius 1 is 1.03 bits per heavy atom. The maximum absolute atomic E-state index is 12.4. The fourth-order valence-electron chi connectivity index (χ4n) is 2.81. The zero-order chi connectivity index (χ0) is 20.6. The average molecular weight is 413 g/mol. The summed E-state index contributed by atoms with van der Waals surface area (Å²) >= 11 is 1.37. The maximum atomic E-state index is 12.4. The molecule has 8 heteroatoms. The minimum absolute atomic E-state index is 0.130. The number of nitrogens with one attached hydrogen (secondary N) is 1. The smallest absolute Gasteiger partial charge is 0.234 e. The fourth-order valence-corrected chi connectivity index (χ4v) is 3.57. The number of hydrogen-bond acceptors (Lipinski definition) is 6. The van der Waals surface area contributed by atoms with Crippen LogP contribution in [0.25, 0.3) is 0 Å². The van der Waals surface area contributed by atoms with Crippen molar-refractivity contribution in [3.63, 3.8) is 0 Å². The van der Waals surface area contributed by atoms with Crippen molar-refractivity contribution in [1.29, 1.82) is 0 Å². The molecule has 0 unspecified atom stereocenters. The Labute approximate surface area is 174 Å². The molecule has 0 aliphatic heterocycles. The van der Waals surface area contributed by atoms with E-state index in [1.54, 1.807) is 45.7 Å². The second-order valence-corrected chi connectivity index (χ2v) is 7.00. The molecule has 3 rings (SSSR count). The van der Waals surface area contributed by atoms with Crippen molar-refractivity contribution >= 4 is 23.4 Å². The van der Waals surface area contributed by atoms with E-state index in [-0.39, 0.29) is 11.7 Å². The first-order valence-electron chi connectivity index (χ1n) is 8.92. The zero-order valence-corrected chi connectivity index (χ0v) is 17.4. The Balaban J connectivity index is 1.61. The summed E-state index contributed by atoms with van der Waals surface area (Å²) in [5.41, 5.74) is 1.69. The number of ether oxygens (including phenoxy) is 3. The van der Waals surface area contributed by atoms with Gasteiger partial charge in [-0.3, -0.25) is 4.79 Å². The van der Waals surface area contributed by atoms with Gasteiger partial charge in [0.2, 0.25) is 5.91 Å². The van der Waals surface area contributed by atoms with E-state index in [9.17, 15) is 4.79 Å². The third-order valence-electron chi connectivity index (χ3n) is 4.21. The van der Waals surface area contributed by atoms with Gasteiger partial charge in [0, 0.05) is 29.7 Å². The van der Waals surface area contributed by atoms with Crippen LogP contribution in [-0.4, -0.2) is 42.5 Å². The summed E-state index contributed by atoms with van der Waals surface area (Å²) in [7, 11) is 4.78. The van der Waals surface area contributed by atoms with Crippen molar-refractivity contribution in [2.45, 2.75) is 11.7 Å². The molecule has 0 aliphatic carbocycles. The molecule has 0 saturated carbocycles. The highest BCUT2D eigenvalue weighted by atomic mass is 32.2. The van der Waals surface area contributed by atoms with Crippen LogP contribution >= 0.6 is 11.8 Å². The molecule has 1 N–H and O–H groups in total. The zero-order valence-electron chi connectivity index (χ0n) is 16.5. The molecule has 0 radical (unpaired) electrons. The predicted octanol–water partition coefficient (Wildman–Crippen LogP) is 3.69. The normalized spacial score (nSPS) is 10.4. The number of hydrogen-bond donors (Lipinski definition) is 1. The summed E-state index contributed by atoms with van der Waals surface area (Å²) in [6.07, 6.45) is 3.62. The molecule has 3 aromatic rings. The number of thioether (sulfide) groups is 1. The van der Waals surface area contributed by atoms with Gasteiger partial charge < -0.3 is 24.1 Å². The number of carbonyl (C=O) groups is 1. The summed E-state index contributed by atoms with van der Waals surface area (Å²) in [4.78, 5) is 16.7. The van der Waals surface area contributed by atoms with Crippen molar-refractivity contribution in [2.75, 3.05) is 32.4 Å². The molecule has 0 bridgehead atoms. The van der Waals surface area contributed by atoms with Crippen LogP contribution in [0.4, 0.5) is 5.69 Å². The Kier molecular flexibility index (Phi) is 7.02. The maximum Gasteiger partial charge on any atom is 0.234 e. The Morgan fingerprint density at radius 3 is 2.55 bits per heavy atom. The molecule has 1 aromatic heterocycles. The molecule has 0 atom stereocenters. The number of nitrogens with zero attached hydrogens (tertiary/aromatic N) is 2. The van der Waals surface area contributed by atoms with Crippen LogP contribution in [-0.2, 0) is 11.3 Å². The number of rotatable bonds is 9. The van der Waals surface area contributed by atoms with Crippen molar-refractivity contribution in [2.24, 2.45) is 0 Å². The molecule has 0 aliphatic rings. The van der Waals surface area contributed by atoms with Crippen molar-refractivity contribution in [1.82, 2.24) is 9.55 Å². The molecule has 0 spiro atoms. The molecule has 152 valence electrons. The van der Waals surface area contributed by atoms with E-state index in [0.29, 0.717) is 23.7 Å². The third kappa shape index (κ3) is 5.23. The predicted molar refractivity (Wildman–Crippen MR) is 113 cm³/mol. The minimum atomic E-state index is -0.130. The minimum Gasteiger partial charge on any atom is -0.496 e. The number of imidazole rings is 1. The van der Waals surface area contributed by atoms with Crippen molar-refractivity contribution < 1.29 is 19.0 Å². The number of carbonyl (C=O) groups excluding carboxylic acids is 1. The average Bonchev–Trinajstić information content (AvgIpc) is 3.19. The van der Waals surface area contributed by atoms with Crippen LogP contribution in [0.5, 0.6) is 17.2 Å². The Bertz CT molecular complexity index is 974. The van der Waals surface area contributed by atoms with Crippen LogP contribution in [0.1, 0.15) is 5.56 Å². The molecule has 1 amide bonds. The molecule has 7 nitrogen and oxygen atoms in total. The van der Waals surface area contributed by atoms with Gasteiger partial charge in [0.05, 0.1) is 33.6 Å². The summed E-state index contributed by atoms with van der Waals surface area (Å²) in [6, 6.07) is 13.1. The van der Waals surface area contributed by atoms with Gasteiger partial charge in [0.25, 0.3) is 0 Å². The first kappa shape index (κ1) is 20.6. The summed E-state index contributed by atoms with van der Waals surface area (Å²) in [5, 5.41) is 3.63. The summed E-state index contributed by atoms with van der Waals surface area (Å²) < 4.78 is 17.9. The van der Waals surface area contributed by atoms with Gasteiger partial charge in [-0.1, -0.05) is 30.0 Å². The lowest BCUT2D eigenvalue weighted by Gasteiger charge is -2.12. The largest absolute Gasteiger partial charge is 0.496 e. The molecule has 0 fully saturated rings. The second kappa shape index (κ2) is 9.88. The van der Waals surface area contributed by atoms with Crippen LogP contribution < -0.4 is 19.5 Å². The topological polar surface area (TPSA) is 74.6 Å². The van der Waals surface area contributed by atoms with E-state index in [4.69, 9.17) is 14.2 Å². The van der Waals surface area contributed by atoms with E-state index in [2.05, 4.69) is 10.3 Å². The van der Waals surface area contributed by atoms with Gasteiger partial charge in [-0.05, 0) is 18.2 Å². The quantitative estimate of drug-likeness (QED) is 0.540. The summed E-state index contributed by atoms with van der Waals surface area (Å²) in [5.74, 6) is 2.10. The first-order valence-corrected chi connectivity index (χ1v) is 9.91. The second-order valence-electron chi connectivity index (χ2n) is 6.06. The summed E-state index contributed by atoms with van der Waals surface area (Å²) in [6.45, 7) is 0.615. The van der Waals surface area contributed by atoms with E-state index in [0.717, 1.165) is 16.5 Å². The lowest BCUT2D eigenvalue weighted by atomic mass is 10.2. The van der Waals surface area contributed by atoms with Crippen LogP contribution in [0, 0.1) is 0 Å². The standard InChI is InChI=1S/C21H23N3O4S/c1-26-17-7-5-4-6-15(17)13-24-11-10-22-21(24)29-14-20(25)23-16-8-9-18(27-2)19(12-16)28-3/h4-12H,13-14H2,1-3H3,(H,23,25). The SMILES string of the molecule is COc1ccccc1Cn1ccnc1SCC(=O)Nc1ccc(OC)c(OC)c1. The highest BCUT2D eigenvalue weighted by Crippen LogP contribution is 2.30. The van der Waals surface area contributed by atoms with E-state index in [1.165, 1.54) is 11.8 Å². The lowest BCUT2D eigenvalue weighted by molar-refractivity contribution is -0.113. The van der Waals surface area contributed by atoms with E-state index < -0.39 is 0 Å². The van der Waals surface area contributed by atoms with Crippen LogP contribution in [0.2, 0.25) is 0 Å². The van der Waals surface area contributed by atoms with Crippen molar-refractivity contribution in [3.8, 4) is 17.2 Å². The van der Waals surface area contributed by atoms with Gasteiger partial charge in [0.1, 0.15) is 5.75 Å². The number of benzene rings is 2.